The van der Waals surface area contributed by atoms with Crippen molar-refractivity contribution in [2.24, 2.45) is 0 Å². The van der Waals surface area contributed by atoms with E-state index in [-0.39, 0.29) is 5.91 Å². The Morgan fingerprint density at radius 3 is 2.65 bits per heavy atom. The molecular formula is C15H14BrClN2O. The fourth-order valence-electron chi connectivity index (χ4n) is 1.80. The Bertz CT molecular complexity index is 631. The van der Waals surface area contributed by atoms with Gasteiger partial charge in [0.1, 0.15) is 0 Å². The van der Waals surface area contributed by atoms with E-state index in [1.807, 2.05) is 31.2 Å². The molecule has 0 aliphatic heterocycles. The summed E-state index contributed by atoms with van der Waals surface area (Å²) in [5.74, 6) is -0.199. The zero-order valence-electron chi connectivity index (χ0n) is 10.9. The van der Waals surface area contributed by atoms with Gasteiger partial charge in [-0.15, -0.1) is 0 Å². The number of hydrogen-bond donors (Lipinski definition) is 2. The van der Waals surface area contributed by atoms with Crippen molar-refractivity contribution < 1.29 is 4.79 Å². The van der Waals surface area contributed by atoms with Crippen molar-refractivity contribution >= 4 is 44.8 Å². The van der Waals surface area contributed by atoms with Crippen LogP contribution in [0.1, 0.15) is 17.3 Å². The summed E-state index contributed by atoms with van der Waals surface area (Å²) >= 11 is 9.38. The quantitative estimate of drug-likeness (QED) is 0.830. The zero-order valence-corrected chi connectivity index (χ0v) is 13.3. The molecule has 3 nitrogen and oxygen atoms in total. The molecule has 2 aromatic carbocycles. The second kappa shape index (κ2) is 6.77. The standard InChI is InChI=1S/C15H14BrClN2O/c1-2-18-13-8-7-10(17)9-11(13)15(20)19-14-6-4-3-5-12(14)16/h3-9,18H,2H2,1H3,(H,19,20). The number of benzene rings is 2. The fourth-order valence-corrected chi connectivity index (χ4v) is 2.36. The number of carbonyl (C=O) groups excluding carboxylic acids is 1. The molecular weight excluding hydrogens is 340 g/mol. The first-order chi connectivity index (χ1) is 9.61. The zero-order chi connectivity index (χ0) is 14.5. The Hall–Kier alpha value is -1.52. The summed E-state index contributed by atoms with van der Waals surface area (Å²) in [4.78, 5) is 12.4. The Morgan fingerprint density at radius 1 is 1.20 bits per heavy atom. The Morgan fingerprint density at radius 2 is 1.95 bits per heavy atom. The highest BCUT2D eigenvalue weighted by molar-refractivity contribution is 9.10. The lowest BCUT2D eigenvalue weighted by Crippen LogP contribution is -2.15. The molecule has 1 amide bonds. The lowest BCUT2D eigenvalue weighted by molar-refractivity contribution is 0.102. The number of anilines is 2. The van der Waals surface area contributed by atoms with Gasteiger partial charge in [-0.05, 0) is 53.2 Å². The van der Waals surface area contributed by atoms with Crippen LogP contribution in [0.3, 0.4) is 0 Å². The number of para-hydroxylation sites is 1. The third-order valence-corrected chi connectivity index (χ3v) is 3.64. The molecule has 0 saturated carbocycles. The van der Waals surface area contributed by atoms with Crippen LogP contribution in [0.2, 0.25) is 5.02 Å². The lowest BCUT2D eigenvalue weighted by atomic mass is 10.1. The average molecular weight is 354 g/mol. The Labute approximate surface area is 131 Å². The molecule has 0 aliphatic rings. The van der Waals surface area contributed by atoms with Crippen molar-refractivity contribution in [3.8, 4) is 0 Å². The molecule has 0 radical (unpaired) electrons. The van der Waals surface area contributed by atoms with Gasteiger partial charge in [0.15, 0.2) is 0 Å². The van der Waals surface area contributed by atoms with Crippen LogP contribution < -0.4 is 10.6 Å². The minimum atomic E-state index is -0.199. The Kier molecular flexibility index (Phi) is 5.04. The van der Waals surface area contributed by atoms with E-state index in [1.54, 1.807) is 18.2 Å². The van der Waals surface area contributed by atoms with Crippen LogP contribution in [0.25, 0.3) is 0 Å². The fraction of sp³-hybridized carbons (Fsp3) is 0.133. The number of amides is 1. The third-order valence-electron chi connectivity index (χ3n) is 2.72. The van der Waals surface area contributed by atoms with Crippen molar-refractivity contribution in [3.05, 3.63) is 57.5 Å². The topological polar surface area (TPSA) is 41.1 Å². The third kappa shape index (κ3) is 3.52. The summed E-state index contributed by atoms with van der Waals surface area (Å²) in [7, 11) is 0. The van der Waals surface area contributed by atoms with Gasteiger partial charge in [0.25, 0.3) is 5.91 Å². The molecule has 20 heavy (non-hydrogen) atoms. The van der Waals surface area contributed by atoms with Gasteiger partial charge in [0.2, 0.25) is 0 Å². The highest BCUT2D eigenvalue weighted by Crippen LogP contribution is 2.25. The number of hydrogen-bond acceptors (Lipinski definition) is 2. The van der Waals surface area contributed by atoms with Gasteiger partial charge in [-0.25, -0.2) is 0 Å². The minimum absolute atomic E-state index is 0.199. The molecule has 0 aliphatic carbocycles. The van der Waals surface area contributed by atoms with E-state index < -0.39 is 0 Å². The second-order valence-electron chi connectivity index (χ2n) is 4.15. The summed E-state index contributed by atoms with van der Waals surface area (Å²) < 4.78 is 0.834. The van der Waals surface area contributed by atoms with E-state index >= 15 is 0 Å². The molecule has 0 bridgehead atoms. The largest absolute Gasteiger partial charge is 0.385 e. The summed E-state index contributed by atoms with van der Waals surface area (Å²) in [6, 6.07) is 12.7. The van der Waals surface area contributed by atoms with Gasteiger partial charge in [-0.3, -0.25) is 4.79 Å². The van der Waals surface area contributed by atoms with Gasteiger partial charge < -0.3 is 10.6 Å². The number of rotatable bonds is 4. The maximum Gasteiger partial charge on any atom is 0.257 e. The molecule has 0 spiro atoms. The molecule has 5 heteroatoms. The number of nitrogens with one attached hydrogen (secondary N) is 2. The lowest BCUT2D eigenvalue weighted by Gasteiger charge is -2.12. The number of carbonyl (C=O) groups is 1. The molecule has 0 saturated heterocycles. The maximum atomic E-state index is 12.4. The van der Waals surface area contributed by atoms with Crippen molar-refractivity contribution in [2.75, 3.05) is 17.2 Å². The van der Waals surface area contributed by atoms with Gasteiger partial charge in [0, 0.05) is 21.7 Å². The predicted octanol–water partition coefficient (Wildman–Crippen LogP) is 4.79. The van der Waals surface area contributed by atoms with Crippen LogP contribution in [0.5, 0.6) is 0 Å². The molecule has 2 N–H and O–H groups in total. The molecule has 0 aromatic heterocycles. The van der Waals surface area contributed by atoms with Crippen LogP contribution >= 0.6 is 27.5 Å². The SMILES string of the molecule is CCNc1ccc(Cl)cc1C(=O)Nc1ccccc1Br. The van der Waals surface area contributed by atoms with Crippen LogP contribution in [0.4, 0.5) is 11.4 Å². The molecule has 0 fully saturated rings. The van der Waals surface area contributed by atoms with Gasteiger partial charge in [0.05, 0.1) is 11.3 Å². The maximum absolute atomic E-state index is 12.4. The van der Waals surface area contributed by atoms with Crippen molar-refractivity contribution in [3.63, 3.8) is 0 Å². The first-order valence-electron chi connectivity index (χ1n) is 6.21. The normalized spacial score (nSPS) is 10.2. The molecule has 104 valence electrons. The molecule has 0 atom stereocenters. The van der Waals surface area contributed by atoms with E-state index in [4.69, 9.17) is 11.6 Å². The van der Waals surface area contributed by atoms with Gasteiger partial charge >= 0.3 is 0 Å². The highest BCUT2D eigenvalue weighted by atomic mass is 79.9. The van der Waals surface area contributed by atoms with Crippen molar-refractivity contribution in [1.29, 1.82) is 0 Å². The average Bonchev–Trinajstić information content (AvgIpc) is 2.43. The van der Waals surface area contributed by atoms with Crippen molar-refractivity contribution in [2.45, 2.75) is 6.92 Å². The highest BCUT2D eigenvalue weighted by Gasteiger charge is 2.13. The predicted molar refractivity (Wildman–Crippen MR) is 87.7 cm³/mol. The van der Waals surface area contributed by atoms with Crippen LogP contribution in [-0.4, -0.2) is 12.5 Å². The first-order valence-corrected chi connectivity index (χ1v) is 7.38. The first kappa shape index (κ1) is 14.9. The van der Waals surface area contributed by atoms with Crippen molar-refractivity contribution in [1.82, 2.24) is 0 Å². The van der Waals surface area contributed by atoms with Crippen LogP contribution in [0.15, 0.2) is 46.9 Å². The second-order valence-corrected chi connectivity index (χ2v) is 5.44. The minimum Gasteiger partial charge on any atom is -0.385 e. The molecule has 0 unspecified atom stereocenters. The Balaban J connectivity index is 2.29. The summed E-state index contributed by atoms with van der Waals surface area (Å²) in [6.07, 6.45) is 0. The molecule has 0 heterocycles. The number of halogens is 2. The van der Waals surface area contributed by atoms with E-state index in [0.29, 0.717) is 10.6 Å². The van der Waals surface area contributed by atoms with E-state index in [1.165, 1.54) is 0 Å². The summed E-state index contributed by atoms with van der Waals surface area (Å²) in [5, 5.41) is 6.55. The van der Waals surface area contributed by atoms with E-state index in [0.717, 1.165) is 22.4 Å². The summed E-state index contributed by atoms with van der Waals surface area (Å²) in [5.41, 5.74) is 2.01. The monoisotopic (exact) mass is 352 g/mol. The smallest absolute Gasteiger partial charge is 0.257 e. The summed E-state index contributed by atoms with van der Waals surface area (Å²) in [6.45, 7) is 2.71. The van der Waals surface area contributed by atoms with Crippen LogP contribution in [-0.2, 0) is 0 Å². The van der Waals surface area contributed by atoms with Crippen LogP contribution in [0, 0.1) is 0 Å². The van der Waals surface area contributed by atoms with E-state index in [2.05, 4.69) is 26.6 Å². The van der Waals surface area contributed by atoms with Gasteiger partial charge in [-0.2, -0.15) is 0 Å². The van der Waals surface area contributed by atoms with E-state index in [9.17, 15) is 4.79 Å². The molecule has 2 aromatic rings. The molecule has 2 rings (SSSR count). The van der Waals surface area contributed by atoms with Gasteiger partial charge in [-0.1, -0.05) is 23.7 Å².